The largest absolute Gasteiger partial charge is 0.445 e. The van der Waals surface area contributed by atoms with E-state index in [-0.39, 0.29) is 0 Å². The molecule has 3 rings (SSSR count). The lowest BCUT2D eigenvalue weighted by atomic mass is 10.0. The van der Waals surface area contributed by atoms with Crippen LogP contribution in [-0.2, 0) is 0 Å². The molecule has 0 aliphatic rings. The molecule has 1 aromatic carbocycles. The first kappa shape index (κ1) is 9.84. The van der Waals surface area contributed by atoms with Crippen molar-refractivity contribution in [2.24, 2.45) is 0 Å². The molecule has 0 amide bonds. The van der Waals surface area contributed by atoms with E-state index in [0.29, 0.717) is 11.8 Å². The Balaban J connectivity index is 2.22. The highest BCUT2D eigenvalue weighted by Gasteiger charge is 2.13. The standard InChI is InChI=1S/C13H10N2O2/c1-9-2-3-10(12-14-4-6-16-12)11(8-9)13-15-5-7-17-13/h2-8H,1H3. The van der Waals surface area contributed by atoms with E-state index in [9.17, 15) is 0 Å². The summed E-state index contributed by atoms with van der Waals surface area (Å²) >= 11 is 0. The van der Waals surface area contributed by atoms with Gasteiger partial charge in [0, 0.05) is 5.56 Å². The Morgan fingerprint density at radius 2 is 1.53 bits per heavy atom. The molecule has 0 saturated carbocycles. The maximum Gasteiger partial charge on any atom is 0.226 e. The summed E-state index contributed by atoms with van der Waals surface area (Å²) in [7, 11) is 0. The number of oxazole rings is 2. The van der Waals surface area contributed by atoms with Gasteiger partial charge in [0.05, 0.1) is 18.0 Å². The zero-order valence-corrected chi connectivity index (χ0v) is 9.25. The second-order valence-corrected chi connectivity index (χ2v) is 3.72. The molecule has 2 heterocycles. The van der Waals surface area contributed by atoms with E-state index in [1.807, 2.05) is 25.1 Å². The lowest BCUT2D eigenvalue weighted by Gasteiger charge is -2.04. The van der Waals surface area contributed by atoms with Crippen LogP contribution in [0.1, 0.15) is 5.56 Å². The summed E-state index contributed by atoms with van der Waals surface area (Å²) < 4.78 is 10.7. The van der Waals surface area contributed by atoms with Gasteiger partial charge in [0.25, 0.3) is 0 Å². The van der Waals surface area contributed by atoms with Crippen molar-refractivity contribution in [3.05, 3.63) is 48.7 Å². The van der Waals surface area contributed by atoms with Crippen LogP contribution in [-0.4, -0.2) is 9.97 Å². The van der Waals surface area contributed by atoms with E-state index >= 15 is 0 Å². The van der Waals surface area contributed by atoms with Gasteiger partial charge >= 0.3 is 0 Å². The van der Waals surface area contributed by atoms with Crippen LogP contribution in [0.5, 0.6) is 0 Å². The summed E-state index contributed by atoms with van der Waals surface area (Å²) in [6, 6.07) is 5.97. The highest BCUT2D eigenvalue weighted by atomic mass is 16.3. The predicted molar refractivity (Wildman–Crippen MR) is 62.2 cm³/mol. The van der Waals surface area contributed by atoms with Crippen LogP contribution in [0.4, 0.5) is 0 Å². The maximum absolute atomic E-state index is 5.33. The van der Waals surface area contributed by atoms with Crippen molar-refractivity contribution >= 4 is 0 Å². The summed E-state index contributed by atoms with van der Waals surface area (Å²) in [6.45, 7) is 2.02. The molecular weight excluding hydrogens is 216 g/mol. The summed E-state index contributed by atoms with van der Waals surface area (Å²) in [6.07, 6.45) is 6.34. The summed E-state index contributed by atoms with van der Waals surface area (Å²) in [5.74, 6) is 1.14. The van der Waals surface area contributed by atoms with Crippen LogP contribution >= 0.6 is 0 Å². The number of rotatable bonds is 2. The highest BCUT2D eigenvalue weighted by molar-refractivity contribution is 5.76. The third-order valence-electron chi connectivity index (χ3n) is 2.50. The Hall–Kier alpha value is -2.36. The molecule has 17 heavy (non-hydrogen) atoms. The van der Waals surface area contributed by atoms with E-state index in [4.69, 9.17) is 8.83 Å². The lowest BCUT2D eigenvalue weighted by Crippen LogP contribution is -1.86. The first-order chi connectivity index (χ1) is 8.34. The molecule has 0 spiro atoms. The predicted octanol–water partition coefficient (Wildman–Crippen LogP) is 3.31. The van der Waals surface area contributed by atoms with Gasteiger partial charge in [-0.25, -0.2) is 9.97 Å². The van der Waals surface area contributed by atoms with Gasteiger partial charge in [-0.2, -0.15) is 0 Å². The van der Waals surface area contributed by atoms with Crippen molar-refractivity contribution in [2.75, 3.05) is 0 Å². The van der Waals surface area contributed by atoms with Crippen molar-refractivity contribution in [2.45, 2.75) is 6.92 Å². The highest BCUT2D eigenvalue weighted by Crippen LogP contribution is 2.30. The summed E-state index contributed by atoms with van der Waals surface area (Å²) in [5.41, 5.74) is 2.90. The lowest BCUT2D eigenvalue weighted by molar-refractivity contribution is 0.567. The monoisotopic (exact) mass is 226 g/mol. The fourth-order valence-corrected chi connectivity index (χ4v) is 1.73. The second kappa shape index (κ2) is 3.90. The number of hydrogen-bond donors (Lipinski definition) is 0. The van der Waals surface area contributed by atoms with E-state index in [0.717, 1.165) is 16.7 Å². The quantitative estimate of drug-likeness (QED) is 0.672. The fourth-order valence-electron chi connectivity index (χ4n) is 1.73. The minimum atomic E-state index is 0.568. The molecule has 0 fully saturated rings. The van der Waals surface area contributed by atoms with Gasteiger partial charge in [-0.3, -0.25) is 0 Å². The van der Waals surface area contributed by atoms with Crippen LogP contribution in [0.25, 0.3) is 22.9 Å². The van der Waals surface area contributed by atoms with Crippen LogP contribution in [0, 0.1) is 6.92 Å². The van der Waals surface area contributed by atoms with E-state index in [1.165, 1.54) is 0 Å². The molecule has 3 aromatic rings. The average molecular weight is 226 g/mol. The Morgan fingerprint density at radius 1 is 0.882 bits per heavy atom. The number of aromatic nitrogens is 2. The van der Waals surface area contributed by atoms with Crippen molar-refractivity contribution in [1.29, 1.82) is 0 Å². The van der Waals surface area contributed by atoms with Crippen molar-refractivity contribution in [1.82, 2.24) is 9.97 Å². The zero-order valence-electron chi connectivity index (χ0n) is 9.25. The molecule has 0 radical (unpaired) electrons. The molecule has 2 aromatic heterocycles. The van der Waals surface area contributed by atoms with Gasteiger partial charge in [0.15, 0.2) is 0 Å². The van der Waals surface area contributed by atoms with Gasteiger partial charge in [0.1, 0.15) is 12.5 Å². The summed E-state index contributed by atoms with van der Waals surface area (Å²) in [4.78, 5) is 8.31. The first-order valence-corrected chi connectivity index (χ1v) is 5.25. The van der Waals surface area contributed by atoms with Gasteiger partial charge in [0.2, 0.25) is 11.8 Å². The molecule has 84 valence electrons. The molecule has 4 nitrogen and oxygen atoms in total. The molecular formula is C13H10N2O2. The third kappa shape index (κ3) is 1.73. The van der Waals surface area contributed by atoms with Gasteiger partial charge in [-0.1, -0.05) is 11.6 Å². The summed E-state index contributed by atoms with van der Waals surface area (Å²) in [5, 5.41) is 0. The minimum Gasteiger partial charge on any atom is -0.445 e. The Kier molecular flexibility index (Phi) is 2.26. The van der Waals surface area contributed by atoms with Crippen molar-refractivity contribution < 1.29 is 8.83 Å². The van der Waals surface area contributed by atoms with Crippen molar-refractivity contribution in [3.63, 3.8) is 0 Å². The third-order valence-corrected chi connectivity index (χ3v) is 2.50. The molecule has 0 aliphatic heterocycles. The van der Waals surface area contributed by atoms with Crippen LogP contribution < -0.4 is 0 Å². The fraction of sp³-hybridized carbons (Fsp3) is 0.0769. The van der Waals surface area contributed by atoms with Crippen LogP contribution in [0.15, 0.2) is 52.0 Å². The van der Waals surface area contributed by atoms with Crippen molar-refractivity contribution in [3.8, 4) is 22.9 Å². The van der Waals surface area contributed by atoms with Crippen LogP contribution in [0.3, 0.4) is 0 Å². The molecule has 0 unspecified atom stereocenters. The van der Waals surface area contributed by atoms with Crippen LogP contribution in [0.2, 0.25) is 0 Å². The minimum absolute atomic E-state index is 0.568. The Morgan fingerprint density at radius 3 is 2.12 bits per heavy atom. The number of aryl methyl sites for hydroxylation is 1. The van der Waals surface area contributed by atoms with Gasteiger partial charge < -0.3 is 8.83 Å². The normalized spacial score (nSPS) is 10.6. The Bertz CT molecular complexity index is 613. The molecule has 0 N–H and O–H groups in total. The average Bonchev–Trinajstić information content (AvgIpc) is 3.02. The number of benzene rings is 1. The SMILES string of the molecule is Cc1ccc(-c2ncco2)c(-c2ncco2)c1. The molecule has 0 bridgehead atoms. The van der Waals surface area contributed by atoms with Gasteiger partial charge in [-0.15, -0.1) is 0 Å². The number of nitrogens with zero attached hydrogens (tertiary/aromatic N) is 2. The molecule has 0 aliphatic carbocycles. The topological polar surface area (TPSA) is 52.1 Å². The second-order valence-electron chi connectivity index (χ2n) is 3.72. The molecule has 4 heteroatoms. The van der Waals surface area contributed by atoms with E-state index in [2.05, 4.69) is 9.97 Å². The number of hydrogen-bond acceptors (Lipinski definition) is 4. The first-order valence-electron chi connectivity index (χ1n) is 5.25. The maximum atomic E-state index is 5.33. The molecule has 0 atom stereocenters. The molecule has 0 saturated heterocycles. The Labute approximate surface area is 97.9 Å². The van der Waals surface area contributed by atoms with E-state index in [1.54, 1.807) is 24.9 Å². The zero-order chi connectivity index (χ0) is 11.7. The van der Waals surface area contributed by atoms with E-state index < -0.39 is 0 Å². The smallest absolute Gasteiger partial charge is 0.226 e. The van der Waals surface area contributed by atoms with Gasteiger partial charge in [-0.05, 0) is 19.1 Å².